The smallest absolute Gasteiger partial charge is 0.357 e. The second-order valence-corrected chi connectivity index (χ2v) is 11.5. The minimum atomic E-state index is -1.12. The Balaban J connectivity index is 2.63. The van der Waals surface area contributed by atoms with Crippen molar-refractivity contribution >= 4 is 20.1 Å². The van der Waals surface area contributed by atoms with Crippen molar-refractivity contribution in [3.05, 3.63) is 23.7 Å². The number of carbonyl (C=O) groups is 1. The van der Waals surface area contributed by atoms with Gasteiger partial charge in [-0.3, -0.25) is 0 Å². The Morgan fingerprint density at radius 1 is 1.48 bits per heavy atom. The van der Waals surface area contributed by atoms with Gasteiger partial charge in [-0.2, -0.15) is 5.10 Å². The second-order valence-electron chi connectivity index (χ2n) is 5.88. The number of hydrogen-bond acceptors (Lipinski definition) is 4. The number of rotatable bonds is 9. The topological polar surface area (TPSA) is 73.6 Å². The van der Waals surface area contributed by atoms with E-state index in [1.54, 1.807) is 12.3 Å². The van der Waals surface area contributed by atoms with Crippen molar-refractivity contribution in [2.24, 2.45) is 0 Å². The lowest BCUT2D eigenvalue weighted by molar-refractivity contribution is 0.0671. The molecule has 0 aliphatic carbocycles. The molecular formula is C14H24N2O4Si. The van der Waals surface area contributed by atoms with E-state index in [4.69, 9.17) is 14.6 Å². The Morgan fingerprint density at radius 3 is 2.76 bits per heavy atom. The van der Waals surface area contributed by atoms with Gasteiger partial charge in [0.1, 0.15) is 6.73 Å². The highest BCUT2D eigenvalue weighted by atomic mass is 28.3. The molecule has 7 heteroatoms. The minimum absolute atomic E-state index is 0.000232. The highest BCUT2D eigenvalue weighted by Crippen LogP contribution is 2.11. The molecule has 1 N–H and O–H groups in total. The Morgan fingerprint density at radius 2 is 2.19 bits per heavy atom. The van der Waals surface area contributed by atoms with E-state index < -0.39 is 14.0 Å². The minimum Gasteiger partial charge on any atom is -0.501 e. The van der Waals surface area contributed by atoms with Gasteiger partial charge in [-0.05, 0) is 19.0 Å². The molecule has 1 aromatic heterocycles. The summed E-state index contributed by atoms with van der Waals surface area (Å²) in [4.78, 5) is 11.1. The van der Waals surface area contributed by atoms with Crippen LogP contribution >= 0.6 is 0 Å². The second kappa shape index (κ2) is 7.99. The SMILES string of the molecule is CCO/C=C/c1cn(COCC[Si](C)(C)C)nc1C(=O)O. The highest BCUT2D eigenvalue weighted by molar-refractivity contribution is 6.76. The molecule has 0 aliphatic heterocycles. The fourth-order valence-electron chi connectivity index (χ4n) is 1.55. The molecule has 1 rings (SSSR count). The van der Waals surface area contributed by atoms with Crippen LogP contribution < -0.4 is 0 Å². The van der Waals surface area contributed by atoms with Crippen LogP contribution in [0.3, 0.4) is 0 Å². The number of carboxylic acid groups (broad SMARTS) is 1. The molecule has 21 heavy (non-hydrogen) atoms. The molecule has 1 aromatic rings. The third kappa shape index (κ3) is 6.59. The molecule has 6 nitrogen and oxygen atoms in total. The summed E-state index contributed by atoms with van der Waals surface area (Å²) in [7, 11) is -1.12. The van der Waals surface area contributed by atoms with E-state index in [-0.39, 0.29) is 12.4 Å². The largest absolute Gasteiger partial charge is 0.501 e. The molecule has 0 fully saturated rings. The lowest BCUT2D eigenvalue weighted by Gasteiger charge is -2.15. The molecule has 0 spiro atoms. The van der Waals surface area contributed by atoms with Crippen LogP contribution in [0.2, 0.25) is 25.7 Å². The Kier molecular flexibility index (Phi) is 6.64. The first-order valence-electron chi connectivity index (χ1n) is 7.00. The quantitative estimate of drug-likeness (QED) is 0.431. The number of hydrogen-bond donors (Lipinski definition) is 1. The summed E-state index contributed by atoms with van der Waals surface area (Å²) in [5.41, 5.74) is 0.504. The summed E-state index contributed by atoms with van der Waals surface area (Å²) in [6.07, 6.45) is 4.71. The first kappa shape index (κ1) is 17.4. The molecular weight excluding hydrogens is 288 g/mol. The van der Waals surface area contributed by atoms with Crippen molar-refractivity contribution in [2.75, 3.05) is 13.2 Å². The van der Waals surface area contributed by atoms with E-state index in [9.17, 15) is 4.79 Å². The number of aromatic nitrogens is 2. The van der Waals surface area contributed by atoms with Crippen LogP contribution in [-0.4, -0.2) is 42.1 Å². The van der Waals surface area contributed by atoms with E-state index in [0.29, 0.717) is 18.8 Å². The molecule has 0 aliphatic rings. The van der Waals surface area contributed by atoms with Crippen LogP contribution in [-0.2, 0) is 16.2 Å². The van der Waals surface area contributed by atoms with Gasteiger partial charge in [-0.1, -0.05) is 19.6 Å². The molecule has 0 unspecified atom stereocenters. The Bertz CT molecular complexity index is 492. The van der Waals surface area contributed by atoms with Gasteiger partial charge >= 0.3 is 5.97 Å². The molecule has 0 bridgehead atoms. The van der Waals surface area contributed by atoms with Crippen molar-refractivity contribution in [1.29, 1.82) is 0 Å². The third-order valence-electron chi connectivity index (χ3n) is 2.72. The number of aromatic carboxylic acids is 1. The van der Waals surface area contributed by atoms with Gasteiger partial charge in [0, 0.05) is 26.4 Å². The van der Waals surface area contributed by atoms with Gasteiger partial charge in [-0.25, -0.2) is 9.48 Å². The molecule has 0 atom stereocenters. The first-order valence-corrected chi connectivity index (χ1v) is 10.7. The van der Waals surface area contributed by atoms with Crippen molar-refractivity contribution in [3.8, 4) is 0 Å². The maximum Gasteiger partial charge on any atom is 0.357 e. The van der Waals surface area contributed by atoms with E-state index in [1.807, 2.05) is 6.92 Å². The predicted octanol–water partition coefficient (Wildman–Crippen LogP) is 2.90. The van der Waals surface area contributed by atoms with Crippen LogP contribution in [0.4, 0.5) is 0 Å². The van der Waals surface area contributed by atoms with Gasteiger partial charge in [0.25, 0.3) is 0 Å². The summed E-state index contributed by atoms with van der Waals surface area (Å²) in [5, 5.41) is 13.1. The number of nitrogens with zero attached hydrogens (tertiary/aromatic N) is 2. The standard InChI is InChI=1S/C14H24N2O4Si/c1-5-19-7-6-12-10-16(15-13(12)14(17)18)11-20-8-9-21(2,3)4/h6-7,10H,5,8-9,11H2,1-4H3,(H,17,18)/b7-6+. The average Bonchev–Trinajstić information content (AvgIpc) is 2.77. The monoisotopic (exact) mass is 312 g/mol. The maximum atomic E-state index is 11.1. The highest BCUT2D eigenvalue weighted by Gasteiger charge is 2.15. The molecule has 0 saturated carbocycles. The normalized spacial score (nSPS) is 12.0. The molecule has 118 valence electrons. The van der Waals surface area contributed by atoms with Crippen LogP contribution in [0.25, 0.3) is 6.08 Å². The zero-order valence-electron chi connectivity index (χ0n) is 13.1. The van der Waals surface area contributed by atoms with Crippen LogP contribution in [0.15, 0.2) is 12.5 Å². The van der Waals surface area contributed by atoms with Gasteiger partial charge in [0.2, 0.25) is 0 Å². The Labute approximate surface area is 126 Å². The van der Waals surface area contributed by atoms with E-state index in [2.05, 4.69) is 24.7 Å². The number of carboxylic acids is 1. The zero-order chi connectivity index (χ0) is 15.9. The van der Waals surface area contributed by atoms with Crippen LogP contribution in [0.5, 0.6) is 0 Å². The lowest BCUT2D eigenvalue weighted by atomic mass is 10.2. The molecule has 0 saturated heterocycles. The van der Waals surface area contributed by atoms with Crippen molar-refractivity contribution in [1.82, 2.24) is 9.78 Å². The average molecular weight is 312 g/mol. The van der Waals surface area contributed by atoms with E-state index >= 15 is 0 Å². The summed E-state index contributed by atoms with van der Waals surface area (Å²) >= 11 is 0. The molecule has 1 heterocycles. The molecule has 0 aromatic carbocycles. The third-order valence-corrected chi connectivity index (χ3v) is 4.43. The fourth-order valence-corrected chi connectivity index (χ4v) is 2.30. The van der Waals surface area contributed by atoms with Crippen molar-refractivity contribution < 1.29 is 19.4 Å². The van der Waals surface area contributed by atoms with Crippen LogP contribution in [0, 0.1) is 0 Å². The van der Waals surface area contributed by atoms with Gasteiger partial charge in [0.15, 0.2) is 5.69 Å². The zero-order valence-corrected chi connectivity index (χ0v) is 14.1. The Hall–Kier alpha value is -1.60. The summed E-state index contributed by atoms with van der Waals surface area (Å²) in [6, 6.07) is 1.07. The predicted molar refractivity (Wildman–Crippen MR) is 84.0 cm³/mol. The maximum absolute atomic E-state index is 11.1. The fraction of sp³-hybridized carbons (Fsp3) is 0.571. The van der Waals surface area contributed by atoms with E-state index in [1.165, 1.54) is 10.9 Å². The van der Waals surface area contributed by atoms with Crippen LogP contribution in [0.1, 0.15) is 23.0 Å². The summed E-state index contributed by atoms with van der Waals surface area (Å²) in [5.74, 6) is -1.06. The van der Waals surface area contributed by atoms with Crippen molar-refractivity contribution in [2.45, 2.75) is 39.3 Å². The van der Waals surface area contributed by atoms with Gasteiger partial charge < -0.3 is 14.6 Å². The van der Waals surface area contributed by atoms with Gasteiger partial charge in [-0.15, -0.1) is 0 Å². The van der Waals surface area contributed by atoms with E-state index in [0.717, 1.165) is 6.04 Å². The number of ether oxygens (including phenoxy) is 2. The molecule has 0 amide bonds. The lowest BCUT2D eigenvalue weighted by Crippen LogP contribution is -2.22. The van der Waals surface area contributed by atoms with Crippen molar-refractivity contribution in [3.63, 3.8) is 0 Å². The molecule has 0 radical (unpaired) electrons. The summed E-state index contributed by atoms with van der Waals surface area (Å²) < 4.78 is 12.1. The van der Waals surface area contributed by atoms with Gasteiger partial charge in [0.05, 0.1) is 12.9 Å². The first-order chi connectivity index (χ1) is 9.83. The summed E-state index contributed by atoms with van der Waals surface area (Å²) in [6.45, 7) is 10.2.